The minimum absolute atomic E-state index is 0.0257. The molecule has 228 valence electrons. The molecule has 3 aromatic carbocycles. The lowest BCUT2D eigenvalue weighted by molar-refractivity contribution is -0.133. The maximum atomic E-state index is 13.9. The van der Waals surface area contributed by atoms with Gasteiger partial charge in [0.05, 0.1) is 9.61 Å². The largest absolute Gasteiger partial charge is 0.483 e. The molecule has 3 aromatic rings. The highest BCUT2D eigenvalue weighted by molar-refractivity contribution is 14.1. The summed E-state index contributed by atoms with van der Waals surface area (Å²) in [6.07, 6.45) is 1.89. The van der Waals surface area contributed by atoms with E-state index in [0.717, 1.165) is 14.7 Å². The van der Waals surface area contributed by atoms with Crippen molar-refractivity contribution in [3.05, 3.63) is 98.6 Å². The number of carbonyl (C=O) groups excluding carboxylic acids is 2. The molecule has 0 aromatic heterocycles. The molecule has 1 aliphatic heterocycles. The van der Waals surface area contributed by atoms with Gasteiger partial charge >= 0.3 is 0 Å². The third-order valence-electron chi connectivity index (χ3n) is 7.34. The number of guanidine groups is 1. The molecule has 2 amide bonds. The molecule has 1 aliphatic rings. The number of aliphatic imine (C=N–C) groups is 1. The van der Waals surface area contributed by atoms with Crippen molar-refractivity contribution in [2.75, 3.05) is 32.8 Å². The third-order valence-corrected chi connectivity index (χ3v) is 8.42. The zero-order chi connectivity index (χ0) is 30.6. The van der Waals surface area contributed by atoms with E-state index in [1.54, 1.807) is 18.2 Å². The van der Waals surface area contributed by atoms with E-state index in [1.165, 1.54) is 0 Å². The number of nitrogens with two attached hydrogens (primary N) is 2. The molecule has 1 heterocycles. The first-order valence-electron chi connectivity index (χ1n) is 14.3. The highest BCUT2D eigenvalue weighted by Gasteiger charge is 2.32. The number of nitrogens with zero attached hydrogens (tertiary/aromatic N) is 2. The van der Waals surface area contributed by atoms with Crippen molar-refractivity contribution in [1.82, 2.24) is 15.5 Å². The Morgan fingerprint density at radius 3 is 2.40 bits per heavy atom. The molecule has 1 saturated heterocycles. The fraction of sp³-hybridized carbons (Fsp3) is 0.344. The standard InChI is InChI=1S/C32H38ClIN6O3/c33-24-13-14-29(27(34)18-24)43-21-30(41)38-19-25-15-17-40(31(42)28(39-25)12-7-16-37-32(35)36)20-26(22-8-3-1-4-9-22)23-10-5-2-6-11-23/h1-6,8-11,13-14,18,25-26,28,39H,7,12,15-17,19-21H2,(H,38,41)(H4,35,36,37)/t25-,28-/m0/s1. The van der Waals surface area contributed by atoms with Gasteiger partial charge in [0.1, 0.15) is 5.75 Å². The van der Waals surface area contributed by atoms with Crippen LogP contribution >= 0.6 is 34.2 Å². The highest BCUT2D eigenvalue weighted by atomic mass is 127. The number of amides is 2. The summed E-state index contributed by atoms with van der Waals surface area (Å²) in [5.74, 6) is 0.457. The van der Waals surface area contributed by atoms with Crippen LogP contribution in [0.5, 0.6) is 5.75 Å². The summed E-state index contributed by atoms with van der Waals surface area (Å²) < 4.78 is 6.52. The van der Waals surface area contributed by atoms with Crippen LogP contribution in [-0.2, 0) is 9.59 Å². The average molecular weight is 717 g/mol. The Morgan fingerprint density at radius 2 is 1.77 bits per heavy atom. The van der Waals surface area contributed by atoms with Crippen molar-refractivity contribution in [2.45, 2.75) is 37.3 Å². The topological polar surface area (TPSA) is 135 Å². The fourth-order valence-electron chi connectivity index (χ4n) is 5.15. The minimum Gasteiger partial charge on any atom is -0.483 e. The fourth-order valence-corrected chi connectivity index (χ4v) is 6.18. The van der Waals surface area contributed by atoms with Crippen LogP contribution in [-0.4, -0.2) is 67.5 Å². The summed E-state index contributed by atoms with van der Waals surface area (Å²) >= 11 is 8.14. The number of hydrogen-bond acceptors (Lipinski definition) is 5. The minimum atomic E-state index is -0.433. The molecule has 0 unspecified atom stereocenters. The third kappa shape index (κ3) is 10.1. The lowest BCUT2D eigenvalue weighted by Gasteiger charge is -2.29. The van der Waals surface area contributed by atoms with E-state index in [1.807, 2.05) is 41.3 Å². The molecule has 6 N–H and O–H groups in total. The SMILES string of the molecule is NC(N)=NCCC[C@@H]1N[C@H](CNC(=O)COc2ccc(Cl)cc2I)CCN(CC(c2ccccc2)c2ccccc2)C1=O. The van der Waals surface area contributed by atoms with Gasteiger partial charge in [0.2, 0.25) is 5.91 Å². The zero-order valence-electron chi connectivity index (χ0n) is 23.9. The molecular weight excluding hydrogens is 679 g/mol. The number of rotatable bonds is 13. The lowest BCUT2D eigenvalue weighted by atomic mass is 9.90. The van der Waals surface area contributed by atoms with Gasteiger partial charge in [0.15, 0.2) is 12.6 Å². The molecule has 0 saturated carbocycles. The van der Waals surface area contributed by atoms with E-state index in [9.17, 15) is 9.59 Å². The lowest BCUT2D eigenvalue weighted by Crippen LogP contribution is -2.49. The summed E-state index contributed by atoms with van der Waals surface area (Å²) in [5, 5.41) is 7.08. The van der Waals surface area contributed by atoms with Gasteiger partial charge in [0, 0.05) is 43.2 Å². The summed E-state index contributed by atoms with van der Waals surface area (Å²) in [4.78, 5) is 32.6. The number of carbonyl (C=O) groups is 2. The van der Waals surface area contributed by atoms with Gasteiger partial charge < -0.3 is 31.7 Å². The molecule has 11 heteroatoms. The van der Waals surface area contributed by atoms with Gasteiger partial charge in [-0.2, -0.15) is 0 Å². The summed E-state index contributed by atoms with van der Waals surface area (Å²) in [7, 11) is 0. The normalized spacial score (nSPS) is 16.9. The second kappa shape index (κ2) is 16.5. The number of hydrogen-bond donors (Lipinski definition) is 4. The van der Waals surface area contributed by atoms with Crippen molar-refractivity contribution in [3.63, 3.8) is 0 Å². The van der Waals surface area contributed by atoms with Crippen LogP contribution in [0.1, 0.15) is 36.3 Å². The van der Waals surface area contributed by atoms with E-state index in [-0.39, 0.29) is 36.3 Å². The van der Waals surface area contributed by atoms with Crippen LogP contribution < -0.4 is 26.8 Å². The molecular formula is C32H38ClIN6O3. The van der Waals surface area contributed by atoms with E-state index in [4.69, 9.17) is 27.8 Å². The molecule has 2 atom stereocenters. The van der Waals surface area contributed by atoms with Crippen LogP contribution in [0.2, 0.25) is 5.02 Å². The van der Waals surface area contributed by atoms with Crippen LogP contribution in [0.3, 0.4) is 0 Å². The van der Waals surface area contributed by atoms with Crippen LogP contribution in [0, 0.1) is 3.57 Å². The van der Waals surface area contributed by atoms with Gasteiger partial charge in [-0.15, -0.1) is 0 Å². The number of ether oxygens (including phenoxy) is 1. The quantitative estimate of drug-likeness (QED) is 0.0919. The van der Waals surface area contributed by atoms with E-state index < -0.39 is 6.04 Å². The Kier molecular flexibility index (Phi) is 12.5. The Balaban J connectivity index is 1.43. The molecule has 4 rings (SSSR count). The first kappa shape index (κ1) is 32.6. The molecule has 1 fully saturated rings. The molecule has 43 heavy (non-hydrogen) atoms. The zero-order valence-corrected chi connectivity index (χ0v) is 26.8. The molecule has 0 radical (unpaired) electrons. The average Bonchev–Trinajstić information content (AvgIpc) is 3.15. The van der Waals surface area contributed by atoms with Gasteiger partial charge in [-0.25, -0.2) is 0 Å². The van der Waals surface area contributed by atoms with Crippen LogP contribution in [0.4, 0.5) is 0 Å². The Bertz CT molecular complexity index is 1330. The van der Waals surface area contributed by atoms with Crippen molar-refractivity contribution < 1.29 is 14.3 Å². The van der Waals surface area contributed by atoms with Crippen molar-refractivity contribution in [2.24, 2.45) is 16.5 Å². The van der Waals surface area contributed by atoms with Gasteiger partial charge in [0.25, 0.3) is 5.91 Å². The first-order valence-corrected chi connectivity index (χ1v) is 15.8. The number of halogens is 2. The second-order valence-corrected chi connectivity index (χ2v) is 12.1. The van der Waals surface area contributed by atoms with Crippen molar-refractivity contribution >= 4 is 52.0 Å². The molecule has 9 nitrogen and oxygen atoms in total. The Labute approximate surface area is 271 Å². The Morgan fingerprint density at radius 1 is 1.09 bits per heavy atom. The molecule has 0 bridgehead atoms. The summed E-state index contributed by atoms with van der Waals surface area (Å²) in [6.45, 7) is 1.80. The summed E-state index contributed by atoms with van der Waals surface area (Å²) in [6, 6.07) is 25.3. The van der Waals surface area contributed by atoms with E-state index in [2.05, 4.69) is 62.5 Å². The highest BCUT2D eigenvalue weighted by Crippen LogP contribution is 2.27. The predicted molar refractivity (Wildman–Crippen MR) is 179 cm³/mol. The van der Waals surface area contributed by atoms with Gasteiger partial charge in [-0.05, 0) is 71.2 Å². The maximum absolute atomic E-state index is 13.9. The monoisotopic (exact) mass is 716 g/mol. The number of benzene rings is 3. The predicted octanol–water partition coefficient (Wildman–Crippen LogP) is 3.88. The van der Waals surface area contributed by atoms with Crippen LogP contribution in [0.25, 0.3) is 0 Å². The molecule has 0 spiro atoms. The summed E-state index contributed by atoms with van der Waals surface area (Å²) in [5.41, 5.74) is 13.3. The van der Waals surface area contributed by atoms with Crippen molar-refractivity contribution in [3.8, 4) is 5.75 Å². The van der Waals surface area contributed by atoms with Crippen molar-refractivity contribution in [1.29, 1.82) is 0 Å². The van der Waals surface area contributed by atoms with Gasteiger partial charge in [-0.1, -0.05) is 72.3 Å². The maximum Gasteiger partial charge on any atom is 0.257 e. The van der Waals surface area contributed by atoms with Crippen LogP contribution in [0.15, 0.2) is 83.9 Å². The van der Waals surface area contributed by atoms with E-state index >= 15 is 0 Å². The molecule has 0 aliphatic carbocycles. The first-order chi connectivity index (χ1) is 20.8. The number of nitrogens with one attached hydrogen (secondary N) is 2. The van der Waals surface area contributed by atoms with Gasteiger partial charge in [-0.3, -0.25) is 14.6 Å². The Hall–Kier alpha value is -3.35. The smallest absolute Gasteiger partial charge is 0.257 e. The van der Waals surface area contributed by atoms with E-state index in [0.29, 0.717) is 56.2 Å². The second-order valence-electron chi connectivity index (χ2n) is 10.5.